The number of aromatic nitrogens is 1. The van der Waals surface area contributed by atoms with Crippen LogP contribution in [0, 0.1) is 6.92 Å². The van der Waals surface area contributed by atoms with Gasteiger partial charge in [-0.25, -0.2) is 4.98 Å². The Morgan fingerprint density at radius 1 is 1.64 bits per heavy atom. The van der Waals surface area contributed by atoms with Gasteiger partial charge in [0, 0.05) is 27.9 Å². The molecule has 1 unspecified atom stereocenters. The first-order valence-corrected chi connectivity index (χ1v) is 5.86. The molecule has 2 nitrogen and oxygen atoms in total. The maximum atomic E-state index is 11.1. The molecule has 0 spiro atoms. The van der Waals surface area contributed by atoms with Crippen molar-refractivity contribution < 1.29 is 4.21 Å². The van der Waals surface area contributed by atoms with Crippen LogP contribution in [0.5, 0.6) is 0 Å². The van der Waals surface area contributed by atoms with Crippen LogP contribution >= 0.6 is 11.3 Å². The van der Waals surface area contributed by atoms with Crippen molar-refractivity contribution in [2.24, 2.45) is 0 Å². The van der Waals surface area contributed by atoms with Crippen molar-refractivity contribution in [2.45, 2.75) is 19.1 Å². The third kappa shape index (κ3) is 1.37. The first kappa shape index (κ1) is 7.43. The lowest BCUT2D eigenvalue weighted by atomic mass is 10.3. The largest absolute Gasteiger partial charge is 0.259 e. The lowest BCUT2D eigenvalue weighted by Crippen LogP contribution is -2.11. The minimum Gasteiger partial charge on any atom is -0.259 e. The Kier molecular flexibility index (Phi) is 1.81. The second-order valence-corrected chi connectivity index (χ2v) is 5.51. The summed E-state index contributed by atoms with van der Waals surface area (Å²) in [6, 6.07) is 0. The van der Waals surface area contributed by atoms with E-state index in [1.807, 2.05) is 6.92 Å². The van der Waals surface area contributed by atoms with E-state index in [1.54, 1.807) is 11.3 Å². The Labute approximate surface area is 72.1 Å². The Morgan fingerprint density at radius 3 is 3.27 bits per heavy atom. The van der Waals surface area contributed by atoms with E-state index in [0.717, 1.165) is 22.9 Å². The summed E-state index contributed by atoms with van der Waals surface area (Å²) >= 11 is 1.69. The molecule has 0 N–H and O–H groups in total. The van der Waals surface area contributed by atoms with Gasteiger partial charge in [-0.1, -0.05) is 0 Å². The molecular weight excluding hydrogens is 178 g/mol. The predicted molar refractivity (Wildman–Crippen MR) is 47.3 cm³/mol. The summed E-state index contributed by atoms with van der Waals surface area (Å²) in [4.78, 5) is 5.61. The predicted octanol–water partition coefficient (Wildman–Crippen LogP) is 1.26. The average Bonchev–Trinajstić information content (AvgIpc) is 2.27. The van der Waals surface area contributed by atoms with Crippen molar-refractivity contribution in [3.63, 3.8) is 0 Å². The van der Waals surface area contributed by atoms with Gasteiger partial charge in [-0.15, -0.1) is 11.3 Å². The SMILES string of the molecule is Cc1nc2c(s1)CS(=O)CC2. The molecule has 11 heavy (non-hydrogen) atoms. The third-order valence-corrected chi connectivity index (χ3v) is 4.21. The zero-order valence-corrected chi connectivity index (χ0v) is 7.93. The summed E-state index contributed by atoms with van der Waals surface area (Å²) in [6.07, 6.45) is 0.909. The van der Waals surface area contributed by atoms with Crippen LogP contribution in [-0.4, -0.2) is 14.9 Å². The Bertz CT molecular complexity index is 305. The summed E-state index contributed by atoms with van der Waals surface area (Å²) in [6.45, 7) is 2.01. The van der Waals surface area contributed by atoms with Crippen LogP contribution in [-0.2, 0) is 23.0 Å². The van der Waals surface area contributed by atoms with Crippen LogP contribution in [0.4, 0.5) is 0 Å². The minimum atomic E-state index is -0.618. The van der Waals surface area contributed by atoms with Gasteiger partial charge in [0.2, 0.25) is 0 Å². The fraction of sp³-hybridized carbons (Fsp3) is 0.571. The fourth-order valence-corrected chi connectivity index (χ4v) is 3.68. The summed E-state index contributed by atoms with van der Waals surface area (Å²) in [5, 5.41) is 1.11. The molecule has 1 atom stereocenters. The number of rotatable bonds is 0. The third-order valence-electron chi connectivity index (χ3n) is 1.74. The Hall–Kier alpha value is -0.220. The zero-order chi connectivity index (χ0) is 7.84. The van der Waals surface area contributed by atoms with Gasteiger partial charge in [0.25, 0.3) is 0 Å². The molecular formula is C7H9NOS2. The summed E-state index contributed by atoms with van der Waals surface area (Å²) in [7, 11) is -0.618. The van der Waals surface area contributed by atoms with Crippen LogP contribution in [0.25, 0.3) is 0 Å². The second-order valence-electron chi connectivity index (χ2n) is 2.64. The molecule has 0 fully saturated rings. The maximum Gasteiger partial charge on any atom is 0.0900 e. The average molecular weight is 187 g/mol. The van der Waals surface area contributed by atoms with Gasteiger partial charge < -0.3 is 0 Å². The highest BCUT2D eigenvalue weighted by Gasteiger charge is 2.17. The lowest BCUT2D eigenvalue weighted by Gasteiger charge is -2.07. The van der Waals surface area contributed by atoms with E-state index in [1.165, 1.54) is 10.6 Å². The highest BCUT2D eigenvalue weighted by molar-refractivity contribution is 7.84. The van der Waals surface area contributed by atoms with E-state index >= 15 is 0 Å². The van der Waals surface area contributed by atoms with Gasteiger partial charge in [-0.3, -0.25) is 4.21 Å². The lowest BCUT2D eigenvalue weighted by molar-refractivity contribution is 0.679. The quantitative estimate of drug-likeness (QED) is 0.612. The highest BCUT2D eigenvalue weighted by Crippen LogP contribution is 2.23. The number of aryl methyl sites for hydroxylation is 2. The van der Waals surface area contributed by atoms with E-state index in [-0.39, 0.29) is 0 Å². The van der Waals surface area contributed by atoms with Crippen molar-refractivity contribution in [1.82, 2.24) is 4.98 Å². The van der Waals surface area contributed by atoms with E-state index in [0.29, 0.717) is 0 Å². The first-order chi connectivity index (χ1) is 5.25. The van der Waals surface area contributed by atoms with E-state index in [4.69, 9.17) is 0 Å². The van der Waals surface area contributed by atoms with Gasteiger partial charge in [-0.05, 0) is 6.92 Å². The standard InChI is InChI=1S/C7H9NOS2/c1-5-8-6-2-3-11(9)4-7(6)10-5/h2-4H2,1H3. The number of fused-ring (bicyclic) bond motifs is 1. The molecule has 1 aliphatic rings. The molecule has 0 saturated heterocycles. The van der Waals surface area contributed by atoms with Crippen molar-refractivity contribution in [3.8, 4) is 0 Å². The minimum absolute atomic E-state index is 0.618. The van der Waals surface area contributed by atoms with Gasteiger partial charge >= 0.3 is 0 Å². The van der Waals surface area contributed by atoms with Crippen molar-refractivity contribution in [2.75, 3.05) is 5.75 Å². The highest BCUT2D eigenvalue weighted by atomic mass is 32.2. The molecule has 1 aromatic heterocycles. The van der Waals surface area contributed by atoms with Crippen molar-refractivity contribution in [3.05, 3.63) is 15.6 Å². The number of thiazole rings is 1. The molecule has 0 amide bonds. The molecule has 1 aliphatic heterocycles. The molecule has 0 radical (unpaired) electrons. The summed E-state index contributed by atoms with van der Waals surface area (Å²) in [5.74, 6) is 1.54. The van der Waals surface area contributed by atoms with E-state index in [9.17, 15) is 4.21 Å². The Morgan fingerprint density at radius 2 is 2.45 bits per heavy atom. The molecule has 1 aromatic rings. The molecule has 4 heteroatoms. The van der Waals surface area contributed by atoms with Gasteiger partial charge in [0.15, 0.2) is 0 Å². The smallest absolute Gasteiger partial charge is 0.0900 e. The number of hydrogen-bond acceptors (Lipinski definition) is 3. The maximum absolute atomic E-state index is 11.1. The van der Waals surface area contributed by atoms with Crippen LogP contribution in [0.3, 0.4) is 0 Å². The fourth-order valence-electron chi connectivity index (χ4n) is 1.25. The van der Waals surface area contributed by atoms with Crippen molar-refractivity contribution >= 4 is 22.1 Å². The van der Waals surface area contributed by atoms with Crippen LogP contribution in [0.15, 0.2) is 0 Å². The van der Waals surface area contributed by atoms with Gasteiger partial charge in [0.1, 0.15) is 0 Å². The van der Waals surface area contributed by atoms with E-state index < -0.39 is 10.8 Å². The van der Waals surface area contributed by atoms with Gasteiger partial charge in [-0.2, -0.15) is 0 Å². The summed E-state index contributed by atoms with van der Waals surface area (Å²) < 4.78 is 11.1. The molecule has 0 aliphatic carbocycles. The van der Waals surface area contributed by atoms with Crippen LogP contribution < -0.4 is 0 Å². The molecule has 0 bridgehead atoms. The normalized spacial score (nSPS) is 23.2. The molecule has 2 heterocycles. The second kappa shape index (κ2) is 2.68. The molecule has 0 aromatic carbocycles. The first-order valence-electron chi connectivity index (χ1n) is 3.56. The van der Waals surface area contributed by atoms with Gasteiger partial charge in [0.05, 0.1) is 16.5 Å². The van der Waals surface area contributed by atoms with E-state index in [2.05, 4.69) is 4.98 Å². The zero-order valence-electron chi connectivity index (χ0n) is 6.29. The number of nitrogens with zero attached hydrogens (tertiary/aromatic N) is 1. The number of hydrogen-bond donors (Lipinski definition) is 0. The molecule has 60 valence electrons. The van der Waals surface area contributed by atoms with Crippen molar-refractivity contribution in [1.29, 1.82) is 0 Å². The topological polar surface area (TPSA) is 30.0 Å². The summed E-state index contributed by atoms with van der Waals surface area (Å²) in [5.41, 5.74) is 1.19. The van der Waals surface area contributed by atoms with Crippen LogP contribution in [0.2, 0.25) is 0 Å². The Balaban J connectivity index is 2.41. The molecule has 2 rings (SSSR count). The molecule has 0 saturated carbocycles. The monoisotopic (exact) mass is 187 g/mol. The van der Waals surface area contributed by atoms with Crippen LogP contribution in [0.1, 0.15) is 15.6 Å².